The van der Waals surface area contributed by atoms with Crippen molar-refractivity contribution in [2.45, 2.75) is 120 Å². The van der Waals surface area contributed by atoms with Crippen molar-refractivity contribution in [1.82, 2.24) is 25.2 Å². The maximum atomic E-state index is 14.9. The Morgan fingerprint density at radius 1 is 1.07 bits per heavy atom. The number of ether oxygens (including phenoxy) is 3. The van der Waals surface area contributed by atoms with Gasteiger partial charge in [0.15, 0.2) is 5.60 Å². The number of nitrogens with zero attached hydrogens (tertiary/aromatic N) is 3. The lowest BCUT2D eigenvalue weighted by Gasteiger charge is -2.35. The zero-order chi connectivity index (χ0) is 43.2. The second-order valence-corrected chi connectivity index (χ2v) is 19.4. The molecule has 3 fully saturated rings. The van der Waals surface area contributed by atoms with Crippen molar-refractivity contribution in [2.24, 2.45) is 17.8 Å². The van der Waals surface area contributed by atoms with Crippen molar-refractivity contribution < 1.29 is 50.6 Å². The van der Waals surface area contributed by atoms with Gasteiger partial charge in [-0.25, -0.2) is 22.0 Å². The molecule has 2 saturated carbocycles. The van der Waals surface area contributed by atoms with Crippen molar-refractivity contribution >= 4 is 50.4 Å². The van der Waals surface area contributed by atoms with Crippen LogP contribution >= 0.6 is 0 Å². The number of halogens is 2. The Morgan fingerprint density at radius 3 is 2.42 bits per heavy atom. The predicted octanol–water partition coefficient (Wildman–Crippen LogP) is 4.68. The molecule has 3 heterocycles. The molecule has 1 aromatic carbocycles. The number of aromatic nitrogens is 1. The van der Waals surface area contributed by atoms with Crippen LogP contribution in [0.3, 0.4) is 0 Å². The molecule has 0 spiro atoms. The molecule has 6 rings (SSSR count). The average Bonchev–Trinajstić information content (AvgIpc) is 4.07. The average molecular weight is 847 g/mol. The summed E-state index contributed by atoms with van der Waals surface area (Å²) in [5.74, 6) is -5.33. The highest BCUT2D eigenvalue weighted by atomic mass is 32.2. The van der Waals surface area contributed by atoms with Crippen molar-refractivity contribution in [3.63, 3.8) is 0 Å². The maximum absolute atomic E-state index is 14.9. The molecule has 0 bridgehead atoms. The first kappa shape index (κ1) is 43.8. The quantitative estimate of drug-likeness (QED) is 0.282. The van der Waals surface area contributed by atoms with E-state index in [-0.39, 0.29) is 31.2 Å². The van der Waals surface area contributed by atoms with E-state index in [0.717, 1.165) is 19.2 Å². The Kier molecular flexibility index (Phi) is 12.2. The van der Waals surface area contributed by atoms with E-state index in [1.807, 2.05) is 45.3 Å². The number of rotatable bonds is 10. The summed E-state index contributed by atoms with van der Waals surface area (Å²) < 4.78 is 74.1. The molecule has 1 saturated heterocycles. The molecule has 1 aromatic heterocycles. The summed E-state index contributed by atoms with van der Waals surface area (Å²) in [6.07, 6.45) is 4.26. The van der Waals surface area contributed by atoms with E-state index >= 15 is 0 Å². The van der Waals surface area contributed by atoms with Gasteiger partial charge in [-0.1, -0.05) is 26.0 Å². The molecule has 3 N–H and O–H groups in total. The lowest BCUT2D eigenvalue weighted by Crippen LogP contribution is -2.59. The smallest absolute Gasteiger partial charge is 0.408 e. The van der Waals surface area contributed by atoms with Gasteiger partial charge in [-0.2, -0.15) is 4.98 Å². The summed E-state index contributed by atoms with van der Waals surface area (Å²) in [7, 11) is 1.23. The van der Waals surface area contributed by atoms with E-state index in [9.17, 15) is 36.4 Å². The number of benzene rings is 1. The van der Waals surface area contributed by atoms with Gasteiger partial charge in [0.25, 0.3) is 11.8 Å². The zero-order valence-electron chi connectivity index (χ0n) is 34.8. The normalized spacial score (nSPS) is 28.5. The molecule has 1 unspecified atom stereocenters. The third-order valence-electron chi connectivity index (χ3n) is 12.0. The Hall–Kier alpha value is -4.74. The molecule has 18 heteroatoms. The number of anilines is 1. The van der Waals surface area contributed by atoms with Crippen LogP contribution in [0.4, 0.5) is 19.4 Å². The molecular formula is C41H56F2N6O9S. The fraction of sp³-hybridized carbons (Fsp3) is 0.634. The number of allylic oxidation sites excluding steroid dienone is 1. The second kappa shape index (κ2) is 16.4. The minimum atomic E-state index is -3.96. The largest absolute Gasteiger partial charge is 0.497 e. The first-order chi connectivity index (χ1) is 27.5. The standard InChI is InChI=1S/C41H56F2N6O9S/c1-23-11-9-10-12-26-21-41(26,37(52)47-59(54,55)29-14-15-29)46-34(50)31-20-28(57-35-30-16-13-27(56-8)18-25(30)19-32(44-35)48(6)7)22-49(31)36(51)33(24(2)17-23)45-38(53)58-39(3,4)40(5,42)43/h10,12-13,16,18-19,23-24,26,28-29,31,33H,9,11,14-15,17,20-22H2,1-8H3,(H,45,53)(H,46,50)(H,47,52)/b12-10-/t23-,24+,26?,28+,31-,33-,41+/m0/s1. The Labute approximate surface area is 344 Å². The predicted molar refractivity (Wildman–Crippen MR) is 216 cm³/mol. The first-order valence-electron chi connectivity index (χ1n) is 20.1. The molecular weight excluding hydrogens is 791 g/mol. The fourth-order valence-corrected chi connectivity index (χ4v) is 9.13. The number of sulfonamides is 1. The van der Waals surface area contributed by atoms with E-state index in [4.69, 9.17) is 19.2 Å². The Morgan fingerprint density at radius 2 is 1.78 bits per heavy atom. The monoisotopic (exact) mass is 846 g/mol. The van der Waals surface area contributed by atoms with Gasteiger partial charge in [0.2, 0.25) is 27.7 Å². The number of amides is 4. The van der Waals surface area contributed by atoms with E-state index in [1.165, 1.54) is 4.90 Å². The van der Waals surface area contributed by atoms with Gasteiger partial charge < -0.3 is 34.6 Å². The van der Waals surface area contributed by atoms with Gasteiger partial charge in [0.05, 0.1) is 18.9 Å². The summed E-state index contributed by atoms with van der Waals surface area (Å²) in [4.78, 5) is 64.5. The van der Waals surface area contributed by atoms with Crippen LogP contribution in [-0.2, 0) is 29.1 Å². The number of pyridine rings is 1. The number of alkyl carbamates (subject to hydrolysis) is 1. The molecule has 2 aliphatic carbocycles. The van der Waals surface area contributed by atoms with E-state index in [1.54, 1.807) is 31.1 Å². The zero-order valence-corrected chi connectivity index (χ0v) is 35.7. The molecule has 59 heavy (non-hydrogen) atoms. The number of carbonyl (C=O) groups excluding carboxylic acids is 4. The number of nitrogens with one attached hydrogen (secondary N) is 3. The van der Waals surface area contributed by atoms with Crippen molar-refractivity contribution in [2.75, 3.05) is 32.6 Å². The molecule has 2 aromatic rings. The number of alkyl halides is 2. The van der Waals surface area contributed by atoms with Crippen molar-refractivity contribution in [1.29, 1.82) is 0 Å². The third kappa shape index (κ3) is 9.52. The van der Waals surface area contributed by atoms with Gasteiger partial charge in [0, 0.05) is 38.7 Å². The van der Waals surface area contributed by atoms with Crippen LogP contribution in [0.1, 0.15) is 79.6 Å². The lowest BCUT2D eigenvalue weighted by atomic mass is 9.88. The van der Waals surface area contributed by atoms with Crippen LogP contribution in [0.25, 0.3) is 10.8 Å². The van der Waals surface area contributed by atoms with Crippen LogP contribution in [-0.4, -0.2) is 110 Å². The van der Waals surface area contributed by atoms with E-state index in [0.29, 0.717) is 56.0 Å². The van der Waals surface area contributed by atoms with Crippen molar-refractivity contribution in [3.8, 4) is 11.6 Å². The summed E-state index contributed by atoms with van der Waals surface area (Å²) in [6.45, 7) is 6.36. The van der Waals surface area contributed by atoms with Gasteiger partial charge in [0.1, 0.15) is 35.3 Å². The molecule has 0 radical (unpaired) electrons. The van der Waals surface area contributed by atoms with Crippen LogP contribution in [0.15, 0.2) is 36.4 Å². The highest BCUT2D eigenvalue weighted by Crippen LogP contribution is 2.46. The van der Waals surface area contributed by atoms with E-state index < -0.39 is 86.2 Å². The summed E-state index contributed by atoms with van der Waals surface area (Å²) >= 11 is 0. The SMILES string of the molecule is COc1ccc2c(O[C@@H]3C[C@H]4C(=O)N[C@]5(C(=O)NS(=O)(=O)C6CC6)CC5/C=C\CC[C@H](C)C[C@@H](C)[C@H](NC(=O)OC(C)(C)C(C)(F)F)C(=O)N4C3)nc(N(C)C)cc2c1. The van der Waals surface area contributed by atoms with E-state index in [2.05, 4.69) is 15.4 Å². The number of hydrogen-bond donors (Lipinski definition) is 3. The lowest BCUT2D eigenvalue weighted by molar-refractivity contribution is -0.152. The van der Waals surface area contributed by atoms with Crippen LogP contribution in [0.5, 0.6) is 11.6 Å². The molecule has 7 atom stereocenters. The topological polar surface area (TPSA) is 186 Å². The summed E-state index contributed by atoms with van der Waals surface area (Å²) in [5, 5.41) is 6.11. The van der Waals surface area contributed by atoms with Gasteiger partial charge in [-0.05, 0) is 93.9 Å². The molecule has 2 aliphatic heterocycles. The van der Waals surface area contributed by atoms with Crippen molar-refractivity contribution in [3.05, 3.63) is 36.4 Å². The number of carbonyl (C=O) groups is 4. The summed E-state index contributed by atoms with van der Waals surface area (Å²) in [5.41, 5.74) is -3.82. The molecule has 324 valence electrons. The van der Waals surface area contributed by atoms with Gasteiger partial charge in [-0.3, -0.25) is 19.1 Å². The highest BCUT2D eigenvalue weighted by Gasteiger charge is 2.62. The number of hydrogen-bond acceptors (Lipinski definition) is 11. The molecule has 15 nitrogen and oxygen atoms in total. The summed E-state index contributed by atoms with van der Waals surface area (Å²) in [6, 6.07) is 4.65. The highest BCUT2D eigenvalue weighted by molar-refractivity contribution is 7.91. The second-order valence-electron chi connectivity index (χ2n) is 17.4. The van der Waals surface area contributed by atoms with Gasteiger partial charge >= 0.3 is 6.09 Å². The van der Waals surface area contributed by atoms with Crippen LogP contribution < -0.4 is 29.7 Å². The fourth-order valence-electron chi connectivity index (χ4n) is 7.77. The minimum Gasteiger partial charge on any atom is -0.497 e. The molecule has 4 aliphatic rings. The van der Waals surface area contributed by atoms with Crippen LogP contribution in [0, 0.1) is 17.8 Å². The third-order valence-corrected chi connectivity index (χ3v) is 13.8. The van der Waals surface area contributed by atoms with Gasteiger partial charge in [-0.15, -0.1) is 0 Å². The Bertz CT molecular complexity index is 2110. The number of methoxy groups -OCH3 is 1. The maximum Gasteiger partial charge on any atom is 0.408 e. The first-order valence-corrected chi connectivity index (χ1v) is 21.6. The molecule has 4 amide bonds. The number of fused-ring (bicyclic) bond motifs is 3. The Balaban J connectivity index is 1.37. The minimum absolute atomic E-state index is 0.0208. The van der Waals surface area contributed by atoms with Crippen LogP contribution in [0.2, 0.25) is 0 Å².